The zero-order valence-electron chi connectivity index (χ0n) is 11.8. The monoisotopic (exact) mass is 329 g/mol. The van der Waals surface area contributed by atoms with E-state index in [0.29, 0.717) is 5.02 Å². The molecule has 5 nitrogen and oxygen atoms in total. The fraction of sp³-hybridized carbons (Fsp3) is 0.200. The highest BCUT2D eigenvalue weighted by Crippen LogP contribution is 2.32. The molecule has 0 saturated heterocycles. The highest BCUT2D eigenvalue weighted by atomic mass is 35.5. The lowest BCUT2D eigenvalue weighted by atomic mass is 10.2. The van der Waals surface area contributed by atoms with Crippen molar-refractivity contribution in [2.24, 2.45) is 4.99 Å². The Labute approximate surface area is 136 Å². The van der Waals surface area contributed by atoms with Crippen LogP contribution < -0.4 is 0 Å². The van der Waals surface area contributed by atoms with Gasteiger partial charge in [0.2, 0.25) is 0 Å². The van der Waals surface area contributed by atoms with E-state index in [9.17, 15) is 0 Å². The van der Waals surface area contributed by atoms with Crippen molar-refractivity contribution >= 4 is 28.6 Å². The van der Waals surface area contributed by atoms with Crippen LogP contribution in [0.1, 0.15) is 12.7 Å². The fourth-order valence-electron chi connectivity index (χ4n) is 2.50. The average molecular weight is 330 g/mol. The van der Waals surface area contributed by atoms with E-state index in [1.807, 2.05) is 36.6 Å². The number of hydrogen-bond acceptors (Lipinski definition) is 5. The lowest BCUT2D eigenvalue weighted by Crippen LogP contribution is -2.17. The Morgan fingerprint density at radius 2 is 2.00 bits per heavy atom. The molecule has 1 aliphatic rings. The number of fused-ring (bicyclic) bond motifs is 1. The van der Waals surface area contributed by atoms with Gasteiger partial charge in [0.15, 0.2) is 11.6 Å². The van der Waals surface area contributed by atoms with E-state index in [1.165, 1.54) is 0 Å². The van der Waals surface area contributed by atoms with Crippen molar-refractivity contribution in [3.05, 3.63) is 40.5 Å². The SMILES string of the molecule is CC1=NCCn2c1nnc2-c1csc(-c2ccccc2Cl)n1. The number of rotatable bonds is 2. The molecule has 0 fully saturated rings. The second kappa shape index (κ2) is 5.30. The van der Waals surface area contributed by atoms with Crippen LogP contribution in [0.2, 0.25) is 5.02 Å². The van der Waals surface area contributed by atoms with E-state index in [0.717, 1.165) is 46.7 Å². The predicted molar refractivity (Wildman–Crippen MR) is 88.7 cm³/mol. The van der Waals surface area contributed by atoms with Crippen LogP contribution in [0.5, 0.6) is 0 Å². The normalized spacial score (nSPS) is 13.8. The Balaban J connectivity index is 1.77. The Kier molecular flexibility index (Phi) is 3.28. The third-order valence-electron chi connectivity index (χ3n) is 3.58. The molecule has 0 amide bonds. The lowest BCUT2D eigenvalue weighted by Gasteiger charge is -2.12. The van der Waals surface area contributed by atoms with Gasteiger partial charge in [0.05, 0.1) is 17.3 Å². The molecule has 4 rings (SSSR count). The van der Waals surface area contributed by atoms with Crippen molar-refractivity contribution in [2.75, 3.05) is 6.54 Å². The first-order valence-electron chi connectivity index (χ1n) is 6.89. The maximum absolute atomic E-state index is 6.25. The first kappa shape index (κ1) is 13.6. The fourth-order valence-corrected chi connectivity index (χ4v) is 3.61. The number of aromatic nitrogens is 4. The van der Waals surface area contributed by atoms with Crippen LogP contribution in [0.4, 0.5) is 0 Å². The molecule has 0 aliphatic carbocycles. The quantitative estimate of drug-likeness (QED) is 0.722. The summed E-state index contributed by atoms with van der Waals surface area (Å²) < 4.78 is 2.08. The summed E-state index contributed by atoms with van der Waals surface area (Å²) in [5.41, 5.74) is 2.69. The van der Waals surface area contributed by atoms with Crippen LogP contribution in [0.3, 0.4) is 0 Å². The van der Waals surface area contributed by atoms with Gasteiger partial charge in [-0.3, -0.25) is 4.99 Å². The predicted octanol–water partition coefficient (Wildman–Crippen LogP) is 3.54. The molecule has 0 spiro atoms. The first-order valence-corrected chi connectivity index (χ1v) is 8.15. The number of nitrogens with zero attached hydrogens (tertiary/aromatic N) is 5. The number of benzene rings is 1. The van der Waals surface area contributed by atoms with Crippen LogP contribution in [-0.4, -0.2) is 32.0 Å². The number of aliphatic imine (C=N–C) groups is 1. The van der Waals surface area contributed by atoms with Gasteiger partial charge in [-0.2, -0.15) is 0 Å². The van der Waals surface area contributed by atoms with Crippen LogP contribution in [-0.2, 0) is 6.54 Å². The van der Waals surface area contributed by atoms with Crippen LogP contribution in [0.15, 0.2) is 34.6 Å². The summed E-state index contributed by atoms with van der Waals surface area (Å²) in [5.74, 6) is 1.62. The first-order chi connectivity index (χ1) is 10.7. The van der Waals surface area contributed by atoms with Crippen molar-refractivity contribution in [3.8, 4) is 22.1 Å². The molecule has 22 heavy (non-hydrogen) atoms. The van der Waals surface area contributed by atoms with Gasteiger partial charge in [-0.1, -0.05) is 29.8 Å². The zero-order valence-corrected chi connectivity index (χ0v) is 13.4. The minimum Gasteiger partial charge on any atom is -0.303 e. The summed E-state index contributed by atoms with van der Waals surface area (Å²) in [6.07, 6.45) is 0. The molecule has 0 unspecified atom stereocenters. The minimum absolute atomic E-state index is 0.703. The number of halogens is 1. The molecular weight excluding hydrogens is 318 g/mol. The smallest absolute Gasteiger partial charge is 0.183 e. The topological polar surface area (TPSA) is 56.0 Å². The Bertz CT molecular complexity index is 880. The minimum atomic E-state index is 0.703. The Hall–Kier alpha value is -2.05. The van der Waals surface area contributed by atoms with Gasteiger partial charge in [-0.25, -0.2) is 4.98 Å². The second-order valence-electron chi connectivity index (χ2n) is 4.98. The number of thiazole rings is 1. The van der Waals surface area contributed by atoms with Crippen molar-refractivity contribution in [3.63, 3.8) is 0 Å². The van der Waals surface area contributed by atoms with E-state index in [2.05, 4.69) is 24.7 Å². The average Bonchev–Trinajstić information content (AvgIpc) is 3.14. The lowest BCUT2D eigenvalue weighted by molar-refractivity contribution is 0.685. The highest BCUT2D eigenvalue weighted by Gasteiger charge is 2.20. The van der Waals surface area contributed by atoms with E-state index in [1.54, 1.807) is 11.3 Å². The largest absolute Gasteiger partial charge is 0.303 e. The van der Waals surface area contributed by atoms with Crippen molar-refractivity contribution in [1.82, 2.24) is 19.7 Å². The molecule has 3 aromatic rings. The maximum Gasteiger partial charge on any atom is 0.183 e. The molecule has 2 aromatic heterocycles. The van der Waals surface area contributed by atoms with Crippen molar-refractivity contribution < 1.29 is 0 Å². The molecule has 110 valence electrons. The van der Waals surface area contributed by atoms with E-state index >= 15 is 0 Å². The molecule has 3 heterocycles. The van der Waals surface area contributed by atoms with E-state index < -0.39 is 0 Å². The van der Waals surface area contributed by atoms with Gasteiger partial charge in [0, 0.05) is 17.5 Å². The summed E-state index contributed by atoms with van der Waals surface area (Å²) in [6, 6.07) is 7.72. The highest BCUT2D eigenvalue weighted by molar-refractivity contribution is 7.13. The van der Waals surface area contributed by atoms with Gasteiger partial charge in [-0.15, -0.1) is 21.5 Å². The molecular formula is C15H12ClN5S. The summed E-state index contributed by atoms with van der Waals surface area (Å²) >= 11 is 7.80. The van der Waals surface area contributed by atoms with Crippen LogP contribution in [0, 0.1) is 0 Å². The van der Waals surface area contributed by atoms with Gasteiger partial charge in [-0.05, 0) is 13.0 Å². The van der Waals surface area contributed by atoms with Gasteiger partial charge in [0.25, 0.3) is 0 Å². The second-order valence-corrected chi connectivity index (χ2v) is 6.25. The Morgan fingerprint density at radius 1 is 1.18 bits per heavy atom. The summed E-state index contributed by atoms with van der Waals surface area (Å²) in [5, 5.41) is 12.1. The molecule has 0 atom stereocenters. The van der Waals surface area contributed by atoms with Gasteiger partial charge < -0.3 is 4.57 Å². The molecule has 0 N–H and O–H groups in total. The van der Waals surface area contributed by atoms with Crippen molar-refractivity contribution in [2.45, 2.75) is 13.5 Å². The number of hydrogen-bond donors (Lipinski definition) is 0. The molecule has 0 bridgehead atoms. The molecule has 0 saturated carbocycles. The van der Waals surface area contributed by atoms with Crippen molar-refractivity contribution in [1.29, 1.82) is 0 Å². The summed E-state index contributed by atoms with van der Waals surface area (Å²) in [7, 11) is 0. The van der Waals surface area contributed by atoms with Crippen LogP contribution in [0.25, 0.3) is 22.1 Å². The summed E-state index contributed by atoms with van der Waals surface area (Å²) in [6.45, 7) is 3.50. The zero-order chi connectivity index (χ0) is 15.1. The summed E-state index contributed by atoms with van der Waals surface area (Å²) in [4.78, 5) is 9.09. The van der Waals surface area contributed by atoms with Gasteiger partial charge in [0.1, 0.15) is 10.7 Å². The standard InChI is InChI=1S/C15H12ClN5S/c1-9-13-19-20-14(21(13)7-6-17-9)12-8-22-15(18-12)10-4-2-3-5-11(10)16/h2-5,8H,6-7H2,1H3. The Morgan fingerprint density at radius 3 is 2.86 bits per heavy atom. The maximum atomic E-state index is 6.25. The van der Waals surface area contributed by atoms with Gasteiger partial charge >= 0.3 is 0 Å². The third-order valence-corrected chi connectivity index (χ3v) is 4.79. The van der Waals surface area contributed by atoms with E-state index in [4.69, 9.17) is 11.6 Å². The van der Waals surface area contributed by atoms with E-state index in [-0.39, 0.29) is 0 Å². The molecule has 0 radical (unpaired) electrons. The molecule has 1 aromatic carbocycles. The molecule has 7 heteroatoms. The third kappa shape index (κ3) is 2.15. The molecule has 1 aliphatic heterocycles. The van der Waals surface area contributed by atoms with Crippen LogP contribution >= 0.6 is 22.9 Å².